The Hall–Kier alpha value is -3.04. The zero-order valence-corrected chi connectivity index (χ0v) is 18.0. The normalized spacial score (nSPS) is 12.5. The maximum absolute atomic E-state index is 12.3. The first kappa shape index (κ1) is 27.0. The zero-order valence-electron chi connectivity index (χ0n) is 17.2. The van der Waals surface area contributed by atoms with Crippen LogP contribution in [0.5, 0.6) is 0 Å². The van der Waals surface area contributed by atoms with Gasteiger partial charge in [-0.2, -0.15) is 0 Å². The van der Waals surface area contributed by atoms with Gasteiger partial charge in [-0.1, -0.05) is 37.5 Å². The third-order valence-corrected chi connectivity index (χ3v) is 4.67. The molecule has 0 heterocycles. The summed E-state index contributed by atoms with van der Waals surface area (Å²) in [6.45, 7) is 10.1. The van der Waals surface area contributed by atoms with E-state index in [2.05, 4.69) is 17.9 Å². The Kier molecular flexibility index (Phi) is 12.6. The summed E-state index contributed by atoms with van der Waals surface area (Å²) in [4.78, 5) is 35.7. The maximum atomic E-state index is 12.3. The summed E-state index contributed by atoms with van der Waals surface area (Å²) in [6, 6.07) is 0. The van der Waals surface area contributed by atoms with Crippen molar-refractivity contribution in [2.75, 3.05) is 13.1 Å². The average Bonchev–Trinajstić information content (AvgIpc) is 2.66. The number of hydrogen-bond acceptors (Lipinski definition) is 5. The van der Waals surface area contributed by atoms with Crippen LogP contribution in [0.3, 0.4) is 0 Å². The van der Waals surface area contributed by atoms with Gasteiger partial charge in [0.2, 0.25) is 15.9 Å². The number of allylic oxidation sites excluding steroid dienone is 6. The van der Waals surface area contributed by atoms with Gasteiger partial charge in [0.05, 0.1) is 5.57 Å². The monoisotopic (exact) mass is 436 g/mol. The predicted molar refractivity (Wildman–Crippen MR) is 117 cm³/mol. The van der Waals surface area contributed by atoms with Crippen molar-refractivity contribution in [3.8, 4) is 0 Å². The first-order valence-corrected chi connectivity index (χ1v) is 10.6. The van der Waals surface area contributed by atoms with Crippen LogP contribution >= 0.6 is 0 Å². The number of unbranched alkanes of at least 4 members (excludes halogenated alkanes) is 1. The van der Waals surface area contributed by atoms with E-state index < -0.39 is 27.8 Å². The molecule has 0 aromatic heterocycles. The molecule has 0 aliphatic heterocycles. The molecule has 0 bridgehead atoms. The number of carbonyl (C=O) groups excluding carboxylic acids is 2. The van der Waals surface area contributed by atoms with Crippen molar-refractivity contribution in [2.24, 2.45) is 0 Å². The molecule has 164 valence electrons. The van der Waals surface area contributed by atoms with Gasteiger partial charge in [-0.15, -0.1) is 0 Å². The lowest BCUT2D eigenvalue weighted by molar-refractivity contribution is -0.140. The van der Waals surface area contributed by atoms with Gasteiger partial charge in [-0.25, -0.2) is 17.9 Å². The van der Waals surface area contributed by atoms with Gasteiger partial charge in [0.1, 0.15) is 0 Å². The summed E-state index contributed by atoms with van der Waals surface area (Å²) < 4.78 is 25.8. The molecule has 0 saturated heterocycles. The van der Waals surface area contributed by atoms with Crippen molar-refractivity contribution in [3.63, 3.8) is 0 Å². The van der Waals surface area contributed by atoms with Gasteiger partial charge < -0.3 is 5.11 Å². The zero-order chi connectivity index (χ0) is 23.2. The van der Waals surface area contributed by atoms with Crippen LogP contribution in [0.2, 0.25) is 0 Å². The number of nitrogens with zero attached hydrogens (tertiary/aromatic N) is 1. The van der Waals surface area contributed by atoms with Crippen LogP contribution in [0, 0.1) is 0 Å². The van der Waals surface area contributed by atoms with Crippen LogP contribution < -0.4 is 4.72 Å². The Morgan fingerprint density at radius 3 is 2.30 bits per heavy atom. The van der Waals surface area contributed by atoms with Gasteiger partial charge >= 0.3 is 5.97 Å². The SMILES string of the molecule is C=C/C=C(/C=C\C)\C=C\C(=O)N(CCCCNS(=O)(=O)/C=C/C(=C)C(=O)O)C(C)=O. The molecule has 0 spiro atoms. The Morgan fingerprint density at radius 1 is 1.10 bits per heavy atom. The summed E-state index contributed by atoms with van der Waals surface area (Å²) in [7, 11) is -3.81. The fourth-order valence-corrected chi connectivity index (χ4v) is 2.94. The number of carboxylic acid groups (broad SMARTS) is 1. The van der Waals surface area contributed by atoms with Crippen molar-refractivity contribution in [3.05, 3.63) is 72.2 Å². The average molecular weight is 437 g/mol. The van der Waals surface area contributed by atoms with E-state index in [0.717, 1.165) is 22.0 Å². The van der Waals surface area contributed by atoms with E-state index in [9.17, 15) is 22.8 Å². The molecule has 9 heteroatoms. The van der Waals surface area contributed by atoms with Crippen molar-refractivity contribution in [1.82, 2.24) is 9.62 Å². The number of imide groups is 1. The number of carboxylic acids is 1. The largest absolute Gasteiger partial charge is 0.478 e. The highest BCUT2D eigenvalue weighted by Crippen LogP contribution is 2.04. The van der Waals surface area contributed by atoms with Crippen LogP contribution in [0.15, 0.2) is 72.2 Å². The molecule has 0 saturated carbocycles. The van der Waals surface area contributed by atoms with Crippen molar-refractivity contribution >= 4 is 27.8 Å². The highest BCUT2D eigenvalue weighted by Gasteiger charge is 2.15. The molecule has 30 heavy (non-hydrogen) atoms. The molecular weight excluding hydrogens is 408 g/mol. The van der Waals surface area contributed by atoms with Crippen LogP contribution in [0.1, 0.15) is 26.7 Å². The van der Waals surface area contributed by atoms with Gasteiger partial charge in [0.25, 0.3) is 5.91 Å². The Bertz CT molecular complexity index is 879. The Balaban J connectivity index is 4.69. The molecule has 8 nitrogen and oxygen atoms in total. The standard InChI is InChI=1S/C21H28N2O6S/c1-5-9-19(10-6-2)11-12-20(25)23(18(4)24)15-8-7-14-22-30(28,29)16-13-17(3)21(26)27/h5-6,9-13,16,22H,1,3,7-8,14-15H2,2,4H3,(H,26,27)/b10-6-,12-11+,16-13+,19-9-. The van der Waals surface area contributed by atoms with Crippen molar-refractivity contribution in [2.45, 2.75) is 26.7 Å². The van der Waals surface area contributed by atoms with E-state index in [0.29, 0.717) is 12.8 Å². The van der Waals surface area contributed by atoms with Gasteiger partial charge in [0, 0.05) is 31.5 Å². The fourth-order valence-electron chi connectivity index (χ4n) is 2.08. The highest BCUT2D eigenvalue weighted by atomic mass is 32.2. The molecular formula is C21H28N2O6S. The minimum atomic E-state index is -3.81. The van der Waals surface area contributed by atoms with Crippen LogP contribution in [-0.4, -0.2) is 49.3 Å². The van der Waals surface area contributed by atoms with E-state index in [1.165, 1.54) is 13.0 Å². The maximum Gasteiger partial charge on any atom is 0.335 e. The smallest absolute Gasteiger partial charge is 0.335 e. The van der Waals surface area contributed by atoms with E-state index in [-0.39, 0.29) is 18.7 Å². The molecule has 0 radical (unpaired) electrons. The number of aliphatic carboxylic acids is 1. The lowest BCUT2D eigenvalue weighted by Crippen LogP contribution is -2.35. The lowest BCUT2D eigenvalue weighted by Gasteiger charge is -2.17. The number of hydrogen-bond donors (Lipinski definition) is 2. The molecule has 0 unspecified atom stereocenters. The van der Waals surface area contributed by atoms with Crippen LogP contribution in [0.4, 0.5) is 0 Å². The van der Waals surface area contributed by atoms with Crippen LogP contribution in [-0.2, 0) is 24.4 Å². The second-order valence-corrected chi connectivity index (χ2v) is 7.68. The molecule has 0 fully saturated rings. The van der Waals surface area contributed by atoms with Gasteiger partial charge in [-0.05, 0) is 37.5 Å². The molecule has 2 amide bonds. The lowest BCUT2D eigenvalue weighted by atomic mass is 10.2. The summed E-state index contributed by atoms with van der Waals surface area (Å²) in [5.74, 6) is -2.21. The number of carbonyl (C=O) groups is 3. The van der Waals surface area contributed by atoms with Crippen molar-refractivity contribution in [1.29, 1.82) is 0 Å². The Labute approximate surface area is 177 Å². The highest BCUT2D eigenvalue weighted by molar-refractivity contribution is 7.92. The van der Waals surface area contributed by atoms with Crippen molar-refractivity contribution < 1.29 is 27.9 Å². The minimum Gasteiger partial charge on any atom is -0.478 e. The minimum absolute atomic E-state index is 0.0650. The Morgan fingerprint density at radius 2 is 1.77 bits per heavy atom. The molecule has 0 rings (SSSR count). The second kappa shape index (κ2) is 14.0. The van der Waals surface area contributed by atoms with Gasteiger partial charge in [0.15, 0.2) is 0 Å². The molecule has 0 aliphatic rings. The molecule has 0 aromatic carbocycles. The van der Waals surface area contributed by atoms with Gasteiger partial charge in [-0.3, -0.25) is 14.5 Å². The van der Waals surface area contributed by atoms with E-state index >= 15 is 0 Å². The molecule has 2 N–H and O–H groups in total. The second-order valence-electron chi connectivity index (χ2n) is 6.02. The summed E-state index contributed by atoms with van der Waals surface area (Å²) >= 11 is 0. The number of sulfonamides is 1. The number of rotatable bonds is 13. The first-order chi connectivity index (χ1) is 14.0. The molecule has 0 aromatic rings. The summed E-state index contributed by atoms with van der Waals surface area (Å²) in [6.07, 6.45) is 11.4. The van der Waals surface area contributed by atoms with E-state index in [1.807, 2.05) is 6.92 Å². The van der Waals surface area contributed by atoms with Crippen LogP contribution in [0.25, 0.3) is 0 Å². The quantitative estimate of drug-likeness (QED) is 0.260. The molecule has 0 atom stereocenters. The topological polar surface area (TPSA) is 121 Å². The predicted octanol–water partition coefficient (Wildman–Crippen LogP) is 2.46. The summed E-state index contributed by atoms with van der Waals surface area (Å²) in [5, 5.41) is 9.37. The molecule has 0 aliphatic carbocycles. The summed E-state index contributed by atoms with van der Waals surface area (Å²) in [5.41, 5.74) is 0.391. The van der Waals surface area contributed by atoms with E-state index in [4.69, 9.17) is 5.11 Å². The third kappa shape index (κ3) is 11.7. The third-order valence-electron chi connectivity index (χ3n) is 3.57. The fraction of sp³-hybridized carbons (Fsp3) is 0.286. The van der Waals surface area contributed by atoms with E-state index in [1.54, 1.807) is 30.4 Å². The number of amides is 2. The first-order valence-electron chi connectivity index (χ1n) is 9.09. The number of nitrogens with one attached hydrogen (secondary N) is 1.